The number of anilines is 2. The third-order valence-electron chi connectivity index (χ3n) is 3.32. The second kappa shape index (κ2) is 6.31. The SMILES string of the molecule is Cc1ccc(C(=O)Nc2ccc(C)c(N(C)C)c2)c(Br)c1. The highest BCUT2D eigenvalue weighted by atomic mass is 79.9. The van der Waals surface area contributed by atoms with Crippen molar-refractivity contribution in [1.82, 2.24) is 0 Å². The van der Waals surface area contributed by atoms with E-state index in [0.29, 0.717) is 5.56 Å². The number of benzene rings is 2. The van der Waals surface area contributed by atoms with E-state index < -0.39 is 0 Å². The lowest BCUT2D eigenvalue weighted by Gasteiger charge is -2.17. The van der Waals surface area contributed by atoms with Crippen LogP contribution in [-0.4, -0.2) is 20.0 Å². The average molecular weight is 347 g/mol. The summed E-state index contributed by atoms with van der Waals surface area (Å²) in [6.07, 6.45) is 0. The van der Waals surface area contributed by atoms with Crippen molar-refractivity contribution in [2.24, 2.45) is 0 Å². The first kappa shape index (κ1) is 15.6. The van der Waals surface area contributed by atoms with Crippen molar-refractivity contribution in [3.8, 4) is 0 Å². The van der Waals surface area contributed by atoms with E-state index in [1.54, 1.807) is 0 Å². The number of aryl methyl sites for hydroxylation is 2. The molecule has 0 fully saturated rings. The summed E-state index contributed by atoms with van der Waals surface area (Å²) in [7, 11) is 3.98. The van der Waals surface area contributed by atoms with Gasteiger partial charge >= 0.3 is 0 Å². The van der Waals surface area contributed by atoms with Crippen molar-refractivity contribution in [3.63, 3.8) is 0 Å². The van der Waals surface area contributed by atoms with Gasteiger partial charge < -0.3 is 10.2 Å². The van der Waals surface area contributed by atoms with Gasteiger partial charge in [-0.1, -0.05) is 12.1 Å². The summed E-state index contributed by atoms with van der Waals surface area (Å²) in [5.41, 5.74) is 4.81. The van der Waals surface area contributed by atoms with Crippen LogP contribution < -0.4 is 10.2 Å². The van der Waals surface area contributed by atoms with Crippen LogP contribution in [0, 0.1) is 13.8 Å². The Kier molecular flexibility index (Phi) is 4.68. The summed E-state index contributed by atoms with van der Waals surface area (Å²) in [6, 6.07) is 11.6. The Labute approximate surface area is 134 Å². The molecule has 0 radical (unpaired) electrons. The summed E-state index contributed by atoms with van der Waals surface area (Å²) >= 11 is 3.44. The number of amides is 1. The lowest BCUT2D eigenvalue weighted by atomic mass is 10.1. The zero-order valence-corrected chi connectivity index (χ0v) is 14.3. The molecule has 0 bridgehead atoms. The van der Waals surface area contributed by atoms with Crippen LogP contribution in [0.1, 0.15) is 21.5 Å². The topological polar surface area (TPSA) is 32.3 Å². The molecule has 0 aliphatic rings. The fourth-order valence-electron chi connectivity index (χ4n) is 2.17. The summed E-state index contributed by atoms with van der Waals surface area (Å²) in [4.78, 5) is 14.4. The van der Waals surface area contributed by atoms with E-state index in [-0.39, 0.29) is 5.91 Å². The molecule has 21 heavy (non-hydrogen) atoms. The molecule has 1 amide bonds. The zero-order chi connectivity index (χ0) is 15.6. The van der Waals surface area contributed by atoms with Crippen molar-refractivity contribution in [1.29, 1.82) is 0 Å². The van der Waals surface area contributed by atoms with Gasteiger partial charge in [0.25, 0.3) is 5.91 Å². The first-order valence-electron chi connectivity index (χ1n) is 6.74. The highest BCUT2D eigenvalue weighted by Crippen LogP contribution is 2.24. The molecule has 0 unspecified atom stereocenters. The Morgan fingerprint density at radius 3 is 2.43 bits per heavy atom. The van der Waals surface area contributed by atoms with Gasteiger partial charge in [0.15, 0.2) is 0 Å². The summed E-state index contributed by atoms with van der Waals surface area (Å²) in [6.45, 7) is 4.05. The number of nitrogens with one attached hydrogen (secondary N) is 1. The summed E-state index contributed by atoms with van der Waals surface area (Å²) in [5, 5.41) is 2.95. The van der Waals surface area contributed by atoms with Gasteiger partial charge in [-0.05, 0) is 65.2 Å². The van der Waals surface area contributed by atoms with Crippen LogP contribution >= 0.6 is 15.9 Å². The number of halogens is 1. The smallest absolute Gasteiger partial charge is 0.256 e. The van der Waals surface area contributed by atoms with Gasteiger partial charge in [0.05, 0.1) is 5.56 Å². The molecule has 3 nitrogen and oxygen atoms in total. The van der Waals surface area contributed by atoms with Crippen molar-refractivity contribution in [2.45, 2.75) is 13.8 Å². The number of hydrogen-bond acceptors (Lipinski definition) is 2. The molecule has 0 saturated heterocycles. The predicted octanol–water partition coefficient (Wildman–Crippen LogP) is 4.38. The molecular weight excluding hydrogens is 328 g/mol. The van der Waals surface area contributed by atoms with Crippen LogP contribution in [0.15, 0.2) is 40.9 Å². The van der Waals surface area contributed by atoms with Gasteiger partial charge in [-0.2, -0.15) is 0 Å². The zero-order valence-electron chi connectivity index (χ0n) is 12.7. The Morgan fingerprint density at radius 2 is 1.81 bits per heavy atom. The molecule has 0 aliphatic heterocycles. The molecule has 0 saturated carbocycles. The molecule has 1 N–H and O–H groups in total. The van der Waals surface area contributed by atoms with Crippen LogP contribution in [-0.2, 0) is 0 Å². The standard InChI is InChI=1S/C17H19BrN2O/c1-11-5-8-14(15(18)9-11)17(21)19-13-7-6-12(2)16(10-13)20(3)4/h5-10H,1-4H3,(H,19,21). The van der Waals surface area contributed by atoms with Gasteiger partial charge in [0.1, 0.15) is 0 Å². The Balaban J connectivity index is 2.25. The third kappa shape index (κ3) is 3.64. The molecule has 4 heteroatoms. The monoisotopic (exact) mass is 346 g/mol. The maximum Gasteiger partial charge on any atom is 0.256 e. The molecule has 2 rings (SSSR count). The minimum atomic E-state index is -0.115. The van der Waals surface area contributed by atoms with Crippen LogP contribution in [0.2, 0.25) is 0 Å². The van der Waals surface area contributed by atoms with Crippen LogP contribution in [0.25, 0.3) is 0 Å². The Hall–Kier alpha value is -1.81. The van der Waals surface area contributed by atoms with Crippen molar-refractivity contribution >= 4 is 33.2 Å². The molecule has 0 aromatic heterocycles. The minimum Gasteiger partial charge on any atom is -0.377 e. The normalized spacial score (nSPS) is 10.3. The molecule has 2 aromatic rings. The average Bonchev–Trinajstić information content (AvgIpc) is 2.40. The van der Waals surface area contributed by atoms with Crippen LogP contribution in [0.3, 0.4) is 0 Å². The van der Waals surface area contributed by atoms with E-state index in [0.717, 1.165) is 21.4 Å². The summed E-state index contributed by atoms with van der Waals surface area (Å²) < 4.78 is 0.806. The quantitative estimate of drug-likeness (QED) is 0.893. The van der Waals surface area contributed by atoms with E-state index in [9.17, 15) is 4.79 Å². The molecule has 0 spiro atoms. The van der Waals surface area contributed by atoms with Gasteiger partial charge in [-0.15, -0.1) is 0 Å². The highest BCUT2D eigenvalue weighted by molar-refractivity contribution is 9.10. The van der Waals surface area contributed by atoms with Gasteiger partial charge in [-0.25, -0.2) is 0 Å². The van der Waals surface area contributed by atoms with Gasteiger partial charge in [0, 0.05) is 29.9 Å². The number of carbonyl (C=O) groups is 1. The fraction of sp³-hybridized carbons (Fsp3) is 0.235. The molecule has 2 aromatic carbocycles. The maximum absolute atomic E-state index is 12.4. The van der Waals surface area contributed by atoms with Gasteiger partial charge in [-0.3, -0.25) is 4.79 Å². The van der Waals surface area contributed by atoms with E-state index in [2.05, 4.69) is 28.2 Å². The maximum atomic E-state index is 12.4. The largest absolute Gasteiger partial charge is 0.377 e. The van der Waals surface area contributed by atoms with Crippen molar-refractivity contribution < 1.29 is 4.79 Å². The first-order chi connectivity index (χ1) is 9.88. The fourth-order valence-corrected chi connectivity index (χ4v) is 2.84. The number of carbonyl (C=O) groups excluding carboxylic acids is 1. The minimum absolute atomic E-state index is 0.115. The van der Waals surface area contributed by atoms with Crippen molar-refractivity contribution in [3.05, 3.63) is 57.6 Å². The Bertz CT molecular complexity index is 680. The Morgan fingerprint density at radius 1 is 1.10 bits per heavy atom. The number of rotatable bonds is 3. The molecule has 110 valence electrons. The molecule has 0 aliphatic carbocycles. The van der Waals surface area contributed by atoms with Crippen LogP contribution in [0.5, 0.6) is 0 Å². The number of hydrogen-bond donors (Lipinski definition) is 1. The molecular formula is C17H19BrN2O. The molecule has 0 heterocycles. The second-order valence-corrected chi connectivity index (χ2v) is 6.19. The van der Waals surface area contributed by atoms with Crippen LogP contribution in [0.4, 0.5) is 11.4 Å². The van der Waals surface area contributed by atoms with E-state index in [1.165, 1.54) is 5.56 Å². The third-order valence-corrected chi connectivity index (χ3v) is 3.97. The van der Waals surface area contributed by atoms with E-state index in [1.807, 2.05) is 62.3 Å². The second-order valence-electron chi connectivity index (χ2n) is 5.33. The van der Waals surface area contributed by atoms with Crippen molar-refractivity contribution in [2.75, 3.05) is 24.3 Å². The molecule has 0 atom stereocenters. The van der Waals surface area contributed by atoms with E-state index >= 15 is 0 Å². The predicted molar refractivity (Wildman–Crippen MR) is 92.3 cm³/mol. The number of nitrogens with zero attached hydrogens (tertiary/aromatic N) is 1. The van der Waals surface area contributed by atoms with E-state index in [4.69, 9.17) is 0 Å². The lowest BCUT2D eigenvalue weighted by molar-refractivity contribution is 0.102. The first-order valence-corrected chi connectivity index (χ1v) is 7.53. The highest BCUT2D eigenvalue weighted by Gasteiger charge is 2.11. The van der Waals surface area contributed by atoms with Gasteiger partial charge in [0.2, 0.25) is 0 Å². The summed E-state index contributed by atoms with van der Waals surface area (Å²) in [5.74, 6) is -0.115. The lowest BCUT2D eigenvalue weighted by Crippen LogP contribution is -2.14.